The molecule has 0 atom stereocenters. The van der Waals surface area contributed by atoms with Gasteiger partial charge in [0.15, 0.2) is 0 Å². The number of benzene rings is 1. The summed E-state index contributed by atoms with van der Waals surface area (Å²) in [6, 6.07) is 7.99. The van der Waals surface area contributed by atoms with Crippen molar-refractivity contribution in [2.45, 2.75) is 26.2 Å². The van der Waals surface area contributed by atoms with Gasteiger partial charge in [-0.15, -0.1) is 0 Å². The standard InChI is InChI=1S/C14H16N4O/c1-9-7-13(17-14(16-9)18-15)19-12-6-5-10-3-2-4-11(10)8-12/h5-8H,2-4,15H2,1H3,(H,16,17,18). The first kappa shape index (κ1) is 11.9. The van der Waals surface area contributed by atoms with Crippen LogP contribution in [-0.4, -0.2) is 9.97 Å². The number of nitrogens with zero attached hydrogens (tertiary/aromatic N) is 2. The van der Waals surface area contributed by atoms with Gasteiger partial charge >= 0.3 is 0 Å². The van der Waals surface area contributed by atoms with Crippen molar-refractivity contribution in [3.05, 3.63) is 41.1 Å². The molecule has 3 rings (SSSR count). The first-order chi connectivity index (χ1) is 9.24. The van der Waals surface area contributed by atoms with E-state index in [-0.39, 0.29) is 0 Å². The van der Waals surface area contributed by atoms with Crippen molar-refractivity contribution >= 4 is 5.95 Å². The number of fused-ring (bicyclic) bond motifs is 1. The van der Waals surface area contributed by atoms with E-state index < -0.39 is 0 Å². The fourth-order valence-corrected chi connectivity index (χ4v) is 2.39. The number of ether oxygens (including phenoxy) is 1. The summed E-state index contributed by atoms with van der Waals surface area (Å²) in [5.41, 5.74) is 6.04. The lowest BCUT2D eigenvalue weighted by Gasteiger charge is -2.08. The van der Waals surface area contributed by atoms with Crippen molar-refractivity contribution in [1.29, 1.82) is 0 Å². The number of hydrogen-bond acceptors (Lipinski definition) is 5. The molecular weight excluding hydrogens is 240 g/mol. The summed E-state index contributed by atoms with van der Waals surface area (Å²) in [7, 11) is 0. The largest absolute Gasteiger partial charge is 0.439 e. The van der Waals surface area contributed by atoms with Crippen molar-refractivity contribution < 1.29 is 4.74 Å². The minimum atomic E-state index is 0.358. The van der Waals surface area contributed by atoms with Gasteiger partial charge in [0.05, 0.1) is 0 Å². The highest BCUT2D eigenvalue weighted by atomic mass is 16.5. The zero-order chi connectivity index (χ0) is 13.2. The maximum atomic E-state index is 5.78. The van der Waals surface area contributed by atoms with Crippen molar-refractivity contribution in [2.24, 2.45) is 5.84 Å². The molecule has 0 unspecified atom stereocenters. The molecule has 5 nitrogen and oxygen atoms in total. The van der Waals surface area contributed by atoms with Crippen LogP contribution in [0.3, 0.4) is 0 Å². The molecule has 0 saturated heterocycles. The summed E-state index contributed by atoms with van der Waals surface area (Å²) in [4.78, 5) is 8.30. The molecule has 98 valence electrons. The smallest absolute Gasteiger partial charge is 0.240 e. The molecule has 0 spiro atoms. The Morgan fingerprint density at radius 1 is 1.16 bits per heavy atom. The molecule has 1 heterocycles. The predicted octanol–water partition coefficient (Wildman–Crippen LogP) is 2.35. The highest BCUT2D eigenvalue weighted by molar-refractivity contribution is 5.40. The average Bonchev–Trinajstić information content (AvgIpc) is 2.85. The molecule has 1 aromatic heterocycles. The van der Waals surface area contributed by atoms with E-state index in [0.29, 0.717) is 11.8 Å². The Kier molecular flexibility index (Phi) is 3.05. The summed E-state index contributed by atoms with van der Waals surface area (Å²) in [6.07, 6.45) is 3.53. The van der Waals surface area contributed by atoms with Gasteiger partial charge in [-0.05, 0) is 49.4 Å². The molecule has 0 saturated carbocycles. The topological polar surface area (TPSA) is 73.1 Å². The number of hydrazine groups is 1. The van der Waals surface area contributed by atoms with Crippen LogP contribution in [0.2, 0.25) is 0 Å². The van der Waals surface area contributed by atoms with E-state index in [1.54, 1.807) is 6.07 Å². The second-order valence-corrected chi connectivity index (χ2v) is 4.70. The Morgan fingerprint density at radius 3 is 2.84 bits per heavy atom. The summed E-state index contributed by atoms with van der Waals surface area (Å²) in [6.45, 7) is 1.87. The third kappa shape index (κ3) is 2.51. The van der Waals surface area contributed by atoms with Crippen LogP contribution in [0.5, 0.6) is 11.6 Å². The molecule has 3 N–H and O–H groups in total. The van der Waals surface area contributed by atoms with Gasteiger partial charge in [0, 0.05) is 11.8 Å². The molecule has 0 aliphatic heterocycles. The fourth-order valence-electron chi connectivity index (χ4n) is 2.39. The van der Waals surface area contributed by atoms with Gasteiger partial charge < -0.3 is 4.74 Å². The van der Waals surface area contributed by atoms with E-state index in [0.717, 1.165) is 17.9 Å². The summed E-state index contributed by atoms with van der Waals surface area (Å²) in [5, 5.41) is 0. The highest BCUT2D eigenvalue weighted by Crippen LogP contribution is 2.28. The minimum Gasteiger partial charge on any atom is -0.439 e. The van der Waals surface area contributed by atoms with Crippen molar-refractivity contribution in [3.8, 4) is 11.6 Å². The van der Waals surface area contributed by atoms with Gasteiger partial charge in [-0.2, -0.15) is 4.98 Å². The molecule has 0 bridgehead atoms. The van der Waals surface area contributed by atoms with Gasteiger partial charge in [0.1, 0.15) is 5.75 Å². The number of nitrogens with one attached hydrogen (secondary N) is 1. The predicted molar refractivity (Wildman–Crippen MR) is 73.1 cm³/mol. The normalized spacial score (nSPS) is 13.2. The van der Waals surface area contributed by atoms with Crippen LogP contribution >= 0.6 is 0 Å². The molecule has 1 aliphatic carbocycles. The van der Waals surface area contributed by atoms with Crippen LogP contribution in [0.15, 0.2) is 24.3 Å². The Morgan fingerprint density at radius 2 is 2.00 bits per heavy atom. The minimum absolute atomic E-state index is 0.358. The van der Waals surface area contributed by atoms with Gasteiger partial charge in [-0.1, -0.05) is 6.07 Å². The van der Waals surface area contributed by atoms with E-state index >= 15 is 0 Å². The van der Waals surface area contributed by atoms with Gasteiger partial charge in [0.2, 0.25) is 11.8 Å². The average molecular weight is 256 g/mol. The quantitative estimate of drug-likeness (QED) is 0.651. The van der Waals surface area contributed by atoms with E-state index in [1.807, 2.05) is 13.0 Å². The van der Waals surface area contributed by atoms with Crippen LogP contribution in [0.4, 0.5) is 5.95 Å². The van der Waals surface area contributed by atoms with Crippen LogP contribution in [0.1, 0.15) is 23.2 Å². The number of nitrogens with two attached hydrogens (primary N) is 1. The number of rotatable bonds is 3. The van der Waals surface area contributed by atoms with Crippen LogP contribution in [0.25, 0.3) is 0 Å². The first-order valence-electron chi connectivity index (χ1n) is 6.36. The molecule has 5 heteroatoms. The van der Waals surface area contributed by atoms with Gasteiger partial charge in [-0.25, -0.2) is 10.8 Å². The molecule has 0 fully saturated rings. The maximum absolute atomic E-state index is 5.78. The van der Waals surface area contributed by atoms with Crippen LogP contribution in [-0.2, 0) is 12.8 Å². The second kappa shape index (κ2) is 4.85. The summed E-state index contributed by atoms with van der Waals surface area (Å²) >= 11 is 0. The summed E-state index contributed by atoms with van der Waals surface area (Å²) < 4.78 is 5.78. The van der Waals surface area contributed by atoms with E-state index in [9.17, 15) is 0 Å². The van der Waals surface area contributed by atoms with Crippen molar-refractivity contribution in [2.75, 3.05) is 5.43 Å². The molecular formula is C14H16N4O. The lowest BCUT2D eigenvalue weighted by atomic mass is 10.1. The molecule has 0 amide bonds. The van der Waals surface area contributed by atoms with Gasteiger partial charge in [-0.3, -0.25) is 5.43 Å². The maximum Gasteiger partial charge on any atom is 0.240 e. The third-order valence-electron chi connectivity index (χ3n) is 3.25. The SMILES string of the molecule is Cc1cc(Oc2ccc3c(c2)CCC3)nc(NN)n1. The van der Waals surface area contributed by atoms with E-state index in [1.165, 1.54) is 24.0 Å². The van der Waals surface area contributed by atoms with Crippen molar-refractivity contribution in [3.63, 3.8) is 0 Å². The Bertz CT molecular complexity index is 612. The van der Waals surface area contributed by atoms with Crippen LogP contribution in [0, 0.1) is 6.92 Å². The molecule has 0 radical (unpaired) electrons. The van der Waals surface area contributed by atoms with Gasteiger partial charge in [0.25, 0.3) is 0 Å². The first-order valence-corrected chi connectivity index (χ1v) is 6.36. The number of nitrogen functional groups attached to an aromatic ring is 1. The lowest BCUT2D eigenvalue weighted by molar-refractivity contribution is 0.461. The third-order valence-corrected chi connectivity index (χ3v) is 3.25. The number of hydrogen-bond donors (Lipinski definition) is 2. The number of aryl methyl sites for hydroxylation is 3. The number of anilines is 1. The molecule has 1 aromatic carbocycles. The molecule has 2 aromatic rings. The Balaban J connectivity index is 1.86. The fraction of sp³-hybridized carbons (Fsp3) is 0.286. The zero-order valence-electron chi connectivity index (χ0n) is 10.8. The monoisotopic (exact) mass is 256 g/mol. The van der Waals surface area contributed by atoms with Crippen LogP contribution < -0.4 is 16.0 Å². The highest BCUT2D eigenvalue weighted by Gasteiger charge is 2.12. The zero-order valence-corrected chi connectivity index (χ0v) is 10.8. The molecule has 1 aliphatic rings. The molecule has 19 heavy (non-hydrogen) atoms. The summed E-state index contributed by atoms with van der Waals surface area (Å²) in [5.74, 6) is 6.99. The Hall–Kier alpha value is -2.14. The van der Waals surface area contributed by atoms with E-state index in [2.05, 4.69) is 27.5 Å². The second-order valence-electron chi connectivity index (χ2n) is 4.70. The van der Waals surface area contributed by atoms with Crippen molar-refractivity contribution in [1.82, 2.24) is 9.97 Å². The van der Waals surface area contributed by atoms with E-state index in [4.69, 9.17) is 10.6 Å². The Labute approximate surface area is 111 Å². The number of aromatic nitrogens is 2. The lowest BCUT2D eigenvalue weighted by Crippen LogP contribution is -2.11.